The lowest BCUT2D eigenvalue weighted by atomic mass is 10.2. The number of carbonyl (C=O) groups excluding carboxylic acids is 1. The van der Waals surface area contributed by atoms with Crippen molar-refractivity contribution in [2.75, 3.05) is 49.6 Å². The first-order valence-corrected chi connectivity index (χ1v) is 9.33. The van der Waals surface area contributed by atoms with E-state index in [0.717, 1.165) is 38.3 Å². The molecule has 1 aliphatic heterocycles. The molecular formula is C20H27N5O. The Morgan fingerprint density at radius 2 is 1.77 bits per heavy atom. The van der Waals surface area contributed by atoms with Crippen molar-refractivity contribution in [3.05, 3.63) is 48.2 Å². The Kier molecular flexibility index (Phi) is 6.04. The first-order chi connectivity index (χ1) is 12.7. The van der Waals surface area contributed by atoms with Crippen molar-refractivity contribution in [1.29, 1.82) is 0 Å². The van der Waals surface area contributed by atoms with E-state index in [-0.39, 0.29) is 5.91 Å². The second-order valence-corrected chi connectivity index (χ2v) is 6.67. The maximum Gasteiger partial charge on any atom is 0.274 e. The van der Waals surface area contributed by atoms with E-state index < -0.39 is 0 Å². The lowest BCUT2D eigenvalue weighted by molar-refractivity contribution is 0.0739. The maximum absolute atomic E-state index is 12.7. The highest BCUT2D eigenvalue weighted by Gasteiger charge is 2.23. The summed E-state index contributed by atoms with van der Waals surface area (Å²) in [6.45, 7) is 6.18. The maximum atomic E-state index is 12.7. The van der Waals surface area contributed by atoms with Gasteiger partial charge in [-0.25, -0.2) is 0 Å². The molecule has 0 unspecified atom stereocenters. The van der Waals surface area contributed by atoms with Crippen LogP contribution in [0.2, 0.25) is 0 Å². The van der Waals surface area contributed by atoms with Gasteiger partial charge in [-0.1, -0.05) is 31.5 Å². The molecule has 0 atom stereocenters. The molecule has 1 aromatic heterocycles. The van der Waals surface area contributed by atoms with Gasteiger partial charge in [-0.05, 0) is 30.7 Å². The fraction of sp³-hybridized carbons (Fsp3) is 0.450. The summed E-state index contributed by atoms with van der Waals surface area (Å²) in [6, 6.07) is 14.0. The van der Waals surface area contributed by atoms with Crippen LogP contribution in [-0.4, -0.2) is 60.8 Å². The number of piperazine rings is 1. The third-order valence-electron chi connectivity index (χ3n) is 4.80. The fourth-order valence-corrected chi connectivity index (χ4v) is 3.12. The van der Waals surface area contributed by atoms with Gasteiger partial charge in [-0.2, -0.15) is 0 Å². The van der Waals surface area contributed by atoms with E-state index in [0.29, 0.717) is 18.8 Å². The zero-order chi connectivity index (χ0) is 18.4. The number of benzene rings is 1. The molecule has 1 amide bonds. The van der Waals surface area contributed by atoms with Crippen molar-refractivity contribution in [2.45, 2.75) is 19.8 Å². The number of aromatic nitrogens is 2. The number of nitrogens with zero attached hydrogens (tertiary/aromatic N) is 5. The number of anilines is 2. The summed E-state index contributed by atoms with van der Waals surface area (Å²) in [5.74, 6) is 0.775. The SMILES string of the molecule is CCCCN(C)c1ccc(C(=O)N2CCN(c3ccccc3)CC2)nn1. The molecule has 1 aliphatic rings. The van der Waals surface area contributed by atoms with Gasteiger partial charge in [0.15, 0.2) is 11.5 Å². The molecule has 6 heteroatoms. The second-order valence-electron chi connectivity index (χ2n) is 6.67. The topological polar surface area (TPSA) is 52.6 Å². The summed E-state index contributed by atoms with van der Waals surface area (Å²) < 4.78 is 0. The van der Waals surface area contributed by atoms with E-state index in [1.54, 1.807) is 6.07 Å². The molecule has 6 nitrogen and oxygen atoms in total. The predicted molar refractivity (Wildman–Crippen MR) is 105 cm³/mol. The molecule has 3 rings (SSSR count). The van der Waals surface area contributed by atoms with Crippen LogP contribution >= 0.6 is 0 Å². The molecule has 1 fully saturated rings. The normalized spacial score (nSPS) is 14.4. The van der Waals surface area contributed by atoms with Crippen LogP contribution in [0.25, 0.3) is 0 Å². The predicted octanol–water partition coefficient (Wildman–Crippen LogP) is 2.68. The smallest absolute Gasteiger partial charge is 0.274 e. The van der Waals surface area contributed by atoms with Gasteiger partial charge in [0.2, 0.25) is 0 Å². The zero-order valence-electron chi connectivity index (χ0n) is 15.6. The molecule has 0 saturated carbocycles. The highest BCUT2D eigenvalue weighted by molar-refractivity contribution is 5.92. The first-order valence-electron chi connectivity index (χ1n) is 9.33. The molecule has 0 radical (unpaired) electrons. The molecule has 0 aliphatic carbocycles. The van der Waals surface area contributed by atoms with Crippen molar-refractivity contribution in [2.24, 2.45) is 0 Å². The molecule has 2 heterocycles. The lowest BCUT2D eigenvalue weighted by Gasteiger charge is -2.35. The molecule has 0 spiro atoms. The molecular weight excluding hydrogens is 326 g/mol. The standard InChI is InChI=1S/C20H27N5O/c1-3-4-12-23(2)19-11-10-18(21-22-19)20(26)25-15-13-24(14-16-25)17-8-6-5-7-9-17/h5-11H,3-4,12-16H2,1-2H3. The van der Waals surface area contributed by atoms with Crippen LogP contribution in [0.15, 0.2) is 42.5 Å². The van der Waals surface area contributed by atoms with Crippen LogP contribution in [0.5, 0.6) is 0 Å². The van der Waals surface area contributed by atoms with Gasteiger partial charge in [-0.3, -0.25) is 4.79 Å². The number of amides is 1. The van der Waals surface area contributed by atoms with Gasteiger partial charge in [0.25, 0.3) is 5.91 Å². The zero-order valence-corrected chi connectivity index (χ0v) is 15.6. The van der Waals surface area contributed by atoms with E-state index in [9.17, 15) is 4.79 Å². The van der Waals surface area contributed by atoms with Crippen LogP contribution in [-0.2, 0) is 0 Å². The Balaban J connectivity index is 1.56. The Hall–Kier alpha value is -2.63. The van der Waals surface area contributed by atoms with E-state index in [2.05, 4.69) is 39.1 Å². The number of para-hydroxylation sites is 1. The third-order valence-corrected chi connectivity index (χ3v) is 4.80. The van der Waals surface area contributed by atoms with Crippen molar-refractivity contribution in [1.82, 2.24) is 15.1 Å². The highest BCUT2D eigenvalue weighted by Crippen LogP contribution is 2.17. The van der Waals surface area contributed by atoms with E-state index in [1.165, 1.54) is 5.69 Å². The average molecular weight is 353 g/mol. The molecule has 1 aromatic carbocycles. The minimum Gasteiger partial charge on any atom is -0.368 e. The molecule has 0 N–H and O–H groups in total. The monoisotopic (exact) mass is 353 g/mol. The van der Waals surface area contributed by atoms with Gasteiger partial charge in [0.05, 0.1) is 0 Å². The minimum absolute atomic E-state index is 0.0343. The molecule has 0 bridgehead atoms. The minimum atomic E-state index is -0.0343. The highest BCUT2D eigenvalue weighted by atomic mass is 16.2. The van der Waals surface area contributed by atoms with Crippen LogP contribution in [0.4, 0.5) is 11.5 Å². The molecule has 2 aromatic rings. The largest absolute Gasteiger partial charge is 0.368 e. The van der Waals surface area contributed by atoms with E-state index in [1.807, 2.05) is 36.2 Å². The summed E-state index contributed by atoms with van der Waals surface area (Å²) in [4.78, 5) is 18.9. The Labute approximate surface area is 155 Å². The van der Waals surface area contributed by atoms with Crippen molar-refractivity contribution >= 4 is 17.4 Å². The molecule has 26 heavy (non-hydrogen) atoms. The van der Waals surface area contributed by atoms with Gasteiger partial charge < -0.3 is 14.7 Å². The number of carbonyl (C=O) groups is 1. The summed E-state index contributed by atoms with van der Waals surface area (Å²) in [7, 11) is 2.00. The van der Waals surface area contributed by atoms with Crippen molar-refractivity contribution in [3.63, 3.8) is 0 Å². The molecule has 1 saturated heterocycles. The van der Waals surface area contributed by atoms with Crippen LogP contribution in [0.1, 0.15) is 30.3 Å². The Morgan fingerprint density at radius 1 is 1.04 bits per heavy atom. The van der Waals surface area contributed by atoms with Crippen LogP contribution < -0.4 is 9.80 Å². The van der Waals surface area contributed by atoms with Crippen LogP contribution in [0.3, 0.4) is 0 Å². The summed E-state index contributed by atoms with van der Waals surface area (Å²) in [5, 5.41) is 8.39. The summed E-state index contributed by atoms with van der Waals surface area (Å²) in [5.41, 5.74) is 1.63. The first kappa shape index (κ1) is 18.2. The number of unbranched alkanes of at least 4 members (excludes halogenated alkanes) is 1. The Bertz CT molecular complexity index is 696. The van der Waals surface area contributed by atoms with E-state index in [4.69, 9.17) is 0 Å². The van der Waals surface area contributed by atoms with Gasteiger partial charge >= 0.3 is 0 Å². The lowest BCUT2D eigenvalue weighted by Crippen LogP contribution is -2.49. The quantitative estimate of drug-likeness (QED) is 0.799. The van der Waals surface area contributed by atoms with Gasteiger partial charge in [0.1, 0.15) is 0 Å². The average Bonchev–Trinajstić information content (AvgIpc) is 2.72. The van der Waals surface area contributed by atoms with Crippen molar-refractivity contribution in [3.8, 4) is 0 Å². The van der Waals surface area contributed by atoms with Gasteiger partial charge in [0, 0.05) is 45.5 Å². The Morgan fingerprint density at radius 3 is 2.38 bits per heavy atom. The third kappa shape index (κ3) is 4.31. The van der Waals surface area contributed by atoms with E-state index >= 15 is 0 Å². The number of hydrogen-bond acceptors (Lipinski definition) is 5. The van der Waals surface area contributed by atoms with Crippen molar-refractivity contribution < 1.29 is 4.79 Å². The second kappa shape index (κ2) is 8.65. The number of rotatable bonds is 6. The fourth-order valence-electron chi connectivity index (χ4n) is 3.12. The summed E-state index contributed by atoms with van der Waals surface area (Å²) in [6.07, 6.45) is 2.26. The van der Waals surface area contributed by atoms with Crippen LogP contribution in [0, 0.1) is 0 Å². The van der Waals surface area contributed by atoms with Gasteiger partial charge in [-0.15, -0.1) is 10.2 Å². The molecule has 138 valence electrons. The number of hydrogen-bond donors (Lipinski definition) is 0. The summed E-state index contributed by atoms with van der Waals surface area (Å²) >= 11 is 0.